The van der Waals surface area contributed by atoms with Gasteiger partial charge in [0.05, 0.1) is 17.9 Å². The van der Waals surface area contributed by atoms with Gasteiger partial charge in [-0.25, -0.2) is 17.9 Å². The molecule has 0 saturated carbocycles. The molecule has 0 spiro atoms. The van der Waals surface area contributed by atoms with E-state index in [9.17, 15) is 18.0 Å². The van der Waals surface area contributed by atoms with Crippen molar-refractivity contribution in [2.24, 2.45) is 0 Å². The Morgan fingerprint density at radius 2 is 1.80 bits per heavy atom. The quantitative estimate of drug-likeness (QED) is 0.643. The van der Waals surface area contributed by atoms with E-state index in [-0.39, 0.29) is 29.5 Å². The molecule has 1 heterocycles. The van der Waals surface area contributed by atoms with Gasteiger partial charge in [0.2, 0.25) is 21.7 Å². The van der Waals surface area contributed by atoms with Gasteiger partial charge < -0.3 is 14.8 Å². The molecule has 134 valence electrons. The van der Waals surface area contributed by atoms with Crippen LogP contribution in [0.3, 0.4) is 0 Å². The molecule has 2 aromatic rings. The van der Waals surface area contributed by atoms with Crippen LogP contribution in [0.25, 0.3) is 0 Å². The molecule has 0 aliphatic rings. The second-order valence-corrected chi connectivity index (χ2v) is 6.94. The molecule has 1 amide bonds. The lowest BCUT2D eigenvalue weighted by Crippen LogP contribution is -2.24. The first-order valence-electron chi connectivity index (χ1n) is 7.49. The maximum atomic E-state index is 11.9. The van der Waals surface area contributed by atoms with Crippen LogP contribution in [0.1, 0.15) is 28.8 Å². The molecule has 2 rings (SSSR count). The van der Waals surface area contributed by atoms with E-state index in [1.54, 1.807) is 19.1 Å². The van der Waals surface area contributed by atoms with E-state index in [4.69, 9.17) is 9.52 Å². The number of carbonyl (C=O) groups is 2. The summed E-state index contributed by atoms with van der Waals surface area (Å²) in [7, 11) is -3.52. The number of hydrogen-bond acceptors (Lipinski definition) is 5. The Hall–Kier alpha value is -2.65. The van der Waals surface area contributed by atoms with Gasteiger partial charge in [0.1, 0.15) is 5.76 Å². The minimum Gasteiger partial charge on any atom is -0.475 e. The van der Waals surface area contributed by atoms with Crippen molar-refractivity contribution in [1.82, 2.24) is 10.0 Å². The summed E-state index contributed by atoms with van der Waals surface area (Å²) in [5.41, 5.74) is 0.651. The van der Waals surface area contributed by atoms with Gasteiger partial charge in [-0.2, -0.15) is 0 Å². The average molecular weight is 366 g/mol. The molecule has 8 nitrogen and oxygen atoms in total. The van der Waals surface area contributed by atoms with E-state index in [0.29, 0.717) is 17.9 Å². The summed E-state index contributed by atoms with van der Waals surface area (Å²) in [6.45, 7) is 2.05. The van der Waals surface area contributed by atoms with E-state index in [0.717, 1.165) is 0 Å². The monoisotopic (exact) mass is 366 g/mol. The minimum atomic E-state index is -3.52. The fourth-order valence-electron chi connectivity index (χ4n) is 2.08. The molecular formula is C16H18N2O6S. The Labute approximate surface area is 144 Å². The third kappa shape index (κ3) is 5.16. The van der Waals surface area contributed by atoms with Crippen molar-refractivity contribution in [3.8, 4) is 0 Å². The first-order valence-corrected chi connectivity index (χ1v) is 8.97. The number of rotatable bonds is 8. The zero-order valence-electron chi connectivity index (χ0n) is 13.5. The van der Waals surface area contributed by atoms with Crippen molar-refractivity contribution >= 4 is 21.9 Å². The number of nitrogens with one attached hydrogen (secondary N) is 2. The maximum Gasteiger partial charge on any atom is 0.371 e. The Morgan fingerprint density at radius 3 is 2.36 bits per heavy atom. The van der Waals surface area contributed by atoms with Crippen molar-refractivity contribution in [3.05, 3.63) is 53.5 Å². The number of carboxylic acid groups (broad SMARTS) is 1. The number of benzene rings is 1. The SMILES string of the molecule is CCNS(=O)(=O)c1ccc(CC(=O)NCc2ccc(C(=O)O)o2)cc1. The number of carboxylic acids is 1. The lowest BCUT2D eigenvalue weighted by Gasteiger charge is -2.06. The highest BCUT2D eigenvalue weighted by Gasteiger charge is 2.13. The van der Waals surface area contributed by atoms with Gasteiger partial charge in [-0.1, -0.05) is 19.1 Å². The molecule has 0 fully saturated rings. The van der Waals surface area contributed by atoms with Gasteiger partial charge in [0, 0.05) is 6.54 Å². The highest BCUT2D eigenvalue weighted by Crippen LogP contribution is 2.11. The number of sulfonamides is 1. The third-order valence-electron chi connectivity index (χ3n) is 3.26. The molecule has 0 bridgehead atoms. The number of furan rings is 1. The average Bonchev–Trinajstić information content (AvgIpc) is 3.03. The summed E-state index contributed by atoms with van der Waals surface area (Å²) in [6.07, 6.45) is 0.0635. The summed E-state index contributed by atoms with van der Waals surface area (Å²) in [6, 6.07) is 8.80. The first kappa shape index (κ1) is 18.7. The number of amides is 1. The van der Waals surface area contributed by atoms with Crippen LogP contribution >= 0.6 is 0 Å². The fraction of sp³-hybridized carbons (Fsp3) is 0.250. The molecule has 1 aromatic carbocycles. The summed E-state index contributed by atoms with van der Waals surface area (Å²) in [5, 5.41) is 11.4. The van der Waals surface area contributed by atoms with Gasteiger partial charge in [-0.05, 0) is 29.8 Å². The van der Waals surface area contributed by atoms with Crippen LogP contribution < -0.4 is 10.0 Å². The first-order chi connectivity index (χ1) is 11.8. The van der Waals surface area contributed by atoms with Crippen LogP contribution in [0.4, 0.5) is 0 Å². The summed E-state index contributed by atoms with van der Waals surface area (Å²) >= 11 is 0. The topological polar surface area (TPSA) is 126 Å². The molecule has 0 radical (unpaired) electrons. The minimum absolute atomic E-state index is 0.0635. The molecule has 9 heteroatoms. The normalized spacial score (nSPS) is 11.2. The van der Waals surface area contributed by atoms with Crippen LogP contribution in [0.2, 0.25) is 0 Å². The van der Waals surface area contributed by atoms with E-state index in [1.165, 1.54) is 24.3 Å². The van der Waals surface area contributed by atoms with Crippen LogP contribution in [0.5, 0.6) is 0 Å². The Morgan fingerprint density at radius 1 is 1.12 bits per heavy atom. The van der Waals surface area contributed by atoms with E-state index < -0.39 is 16.0 Å². The predicted octanol–water partition coefficient (Wildman–Crippen LogP) is 1.13. The van der Waals surface area contributed by atoms with Gasteiger partial charge in [0.25, 0.3) is 0 Å². The second kappa shape index (κ2) is 7.95. The molecule has 0 unspecified atom stereocenters. The Balaban J connectivity index is 1.91. The molecule has 1 aromatic heterocycles. The van der Waals surface area contributed by atoms with Crippen molar-refractivity contribution in [3.63, 3.8) is 0 Å². The van der Waals surface area contributed by atoms with Gasteiger partial charge in [0.15, 0.2) is 0 Å². The highest BCUT2D eigenvalue weighted by atomic mass is 32.2. The van der Waals surface area contributed by atoms with Gasteiger partial charge in [-0.3, -0.25) is 4.79 Å². The second-order valence-electron chi connectivity index (χ2n) is 5.17. The molecule has 25 heavy (non-hydrogen) atoms. The number of hydrogen-bond donors (Lipinski definition) is 3. The Kier molecular flexibility index (Phi) is 5.94. The van der Waals surface area contributed by atoms with E-state index in [1.807, 2.05) is 0 Å². The van der Waals surface area contributed by atoms with Crippen LogP contribution in [-0.4, -0.2) is 31.9 Å². The van der Waals surface area contributed by atoms with Crippen LogP contribution in [0.15, 0.2) is 45.7 Å². The molecular weight excluding hydrogens is 348 g/mol. The molecule has 0 atom stereocenters. The molecule has 3 N–H and O–H groups in total. The van der Waals surface area contributed by atoms with Crippen LogP contribution in [0, 0.1) is 0 Å². The van der Waals surface area contributed by atoms with Crippen molar-refractivity contribution < 1.29 is 27.5 Å². The lowest BCUT2D eigenvalue weighted by atomic mass is 10.1. The van der Waals surface area contributed by atoms with E-state index >= 15 is 0 Å². The largest absolute Gasteiger partial charge is 0.475 e. The van der Waals surface area contributed by atoms with Crippen molar-refractivity contribution in [2.75, 3.05) is 6.54 Å². The fourth-order valence-corrected chi connectivity index (χ4v) is 3.12. The molecule has 0 saturated heterocycles. The molecule has 0 aliphatic heterocycles. The predicted molar refractivity (Wildman–Crippen MR) is 88.5 cm³/mol. The number of carbonyl (C=O) groups excluding carboxylic acids is 1. The molecule has 0 aliphatic carbocycles. The maximum absolute atomic E-state index is 11.9. The summed E-state index contributed by atoms with van der Waals surface area (Å²) in [4.78, 5) is 22.7. The summed E-state index contributed by atoms with van der Waals surface area (Å²) in [5.74, 6) is -1.33. The zero-order valence-corrected chi connectivity index (χ0v) is 14.3. The third-order valence-corrected chi connectivity index (χ3v) is 4.83. The standard InChI is InChI=1S/C16H18N2O6S/c1-2-18-25(22,23)13-6-3-11(4-7-13)9-15(19)17-10-12-5-8-14(24-12)16(20)21/h3-8,18H,2,9-10H2,1H3,(H,17,19)(H,20,21). The smallest absolute Gasteiger partial charge is 0.371 e. The number of aromatic carboxylic acids is 1. The highest BCUT2D eigenvalue weighted by molar-refractivity contribution is 7.89. The van der Waals surface area contributed by atoms with Gasteiger partial charge >= 0.3 is 5.97 Å². The lowest BCUT2D eigenvalue weighted by molar-refractivity contribution is -0.120. The van der Waals surface area contributed by atoms with Crippen LogP contribution in [-0.2, 0) is 27.8 Å². The van der Waals surface area contributed by atoms with Crippen molar-refractivity contribution in [1.29, 1.82) is 0 Å². The van der Waals surface area contributed by atoms with E-state index in [2.05, 4.69) is 10.0 Å². The van der Waals surface area contributed by atoms with Gasteiger partial charge in [-0.15, -0.1) is 0 Å². The zero-order chi connectivity index (χ0) is 18.4. The van der Waals surface area contributed by atoms with Crippen molar-refractivity contribution in [2.45, 2.75) is 24.8 Å². The Bertz CT molecular complexity index is 855. The summed E-state index contributed by atoms with van der Waals surface area (Å²) < 4.78 is 31.1.